The number of benzene rings is 1. The van der Waals surface area contributed by atoms with Crippen molar-refractivity contribution < 1.29 is 27.7 Å². The number of amides is 2. The van der Waals surface area contributed by atoms with Crippen molar-refractivity contribution in [3.8, 4) is 0 Å². The fraction of sp³-hybridized carbons (Fsp3) is 0.429. The summed E-state index contributed by atoms with van der Waals surface area (Å²) in [5.74, 6) is -1.19. The predicted octanol–water partition coefficient (Wildman–Crippen LogP) is 1.92. The number of carbonyl (C=O) groups excluding carboxylic acids is 2. The SMILES string of the molecule is CN1CC[C@H](N(C)C(=O)c2ccc(C(F)(F)F)cc2[N+](=O)[O-])C1=O. The molecule has 0 unspecified atom stereocenters. The molecule has 0 bridgehead atoms. The maximum Gasteiger partial charge on any atom is 0.416 e. The lowest BCUT2D eigenvalue weighted by Crippen LogP contribution is -2.42. The van der Waals surface area contributed by atoms with Gasteiger partial charge in [-0.3, -0.25) is 19.7 Å². The third kappa shape index (κ3) is 3.17. The number of rotatable bonds is 3. The largest absolute Gasteiger partial charge is 0.416 e. The van der Waals surface area contributed by atoms with Gasteiger partial charge >= 0.3 is 6.18 Å². The van der Waals surface area contributed by atoms with Gasteiger partial charge in [-0.15, -0.1) is 0 Å². The van der Waals surface area contributed by atoms with Crippen LogP contribution in [-0.2, 0) is 11.0 Å². The Morgan fingerprint density at radius 1 is 1.42 bits per heavy atom. The summed E-state index contributed by atoms with van der Waals surface area (Å²) in [6, 6.07) is 0.910. The van der Waals surface area contributed by atoms with Gasteiger partial charge in [-0.2, -0.15) is 13.2 Å². The van der Waals surface area contributed by atoms with Crippen molar-refractivity contribution in [1.82, 2.24) is 9.80 Å². The lowest BCUT2D eigenvalue weighted by molar-refractivity contribution is -0.385. The number of nitrogens with zero attached hydrogens (tertiary/aromatic N) is 3. The number of carbonyl (C=O) groups is 2. The monoisotopic (exact) mass is 345 g/mol. The quantitative estimate of drug-likeness (QED) is 0.619. The van der Waals surface area contributed by atoms with Crippen LogP contribution in [0.4, 0.5) is 18.9 Å². The van der Waals surface area contributed by atoms with Crippen LogP contribution in [0.2, 0.25) is 0 Å². The van der Waals surface area contributed by atoms with E-state index in [4.69, 9.17) is 0 Å². The molecule has 0 aromatic heterocycles. The van der Waals surface area contributed by atoms with Crippen LogP contribution in [-0.4, -0.2) is 53.2 Å². The van der Waals surface area contributed by atoms with Gasteiger partial charge in [-0.25, -0.2) is 0 Å². The number of halogens is 3. The summed E-state index contributed by atoms with van der Waals surface area (Å²) in [5, 5.41) is 11.1. The molecule has 0 spiro atoms. The molecule has 1 aromatic rings. The molecule has 1 aliphatic rings. The van der Waals surface area contributed by atoms with Gasteiger partial charge in [0.15, 0.2) is 0 Å². The van der Waals surface area contributed by atoms with Gasteiger partial charge in [0.1, 0.15) is 11.6 Å². The number of hydrogen-bond donors (Lipinski definition) is 0. The molecule has 1 aliphatic heterocycles. The van der Waals surface area contributed by atoms with Crippen molar-refractivity contribution in [3.05, 3.63) is 39.4 Å². The summed E-state index contributed by atoms with van der Waals surface area (Å²) in [4.78, 5) is 36.8. The average Bonchev–Trinajstić information content (AvgIpc) is 2.84. The Kier molecular flexibility index (Phi) is 4.50. The molecule has 130 valence electrons. The molecule has 0 radical (unpaired) electrons. The highest BCUT2D eigenvalue weighted by atomic mass is 19.4. The molecule has 24 heavy (non-hydrogen) atoms. The van der Waals surface area contributed by atoms with Crippen molar-refractivity contribution in [3.63, 3.8) is 0 Å². The second kappa shape index (κ2) is 6.10. The molecular formula is C14H14F3N3O4. The molecule has 2 rings (SSSR count). The van der Waals surface area contributed by atoms with E-state index in [0.29, 0.717) is 25.1 Å². The lowest BCUT2D eigenvalue weighted by Gasteiger charge is -2.23. The first-order chi connectivity index (χ1) is 11.0. The third-order valence-corrected chi connectivity index (χ3v) is 3.94. The van der Waals surface area contributed by atoms with Crippen LogP contribution < -0.4 is 0 Å². The number of nitro benzene ring substituents is 1. The highest BCUT2D eigenvalue weighted by Gasteiger charge is 2.38. The first-order valence-corrected chi connectivity index (χ1v) is 6.91. The minimum absolute atomic E-state index is 0.319. The first kappa shape index (κ1) is 17.7. The third-order valence-electron chi connectivity index (χ3n) is 3.94. The van der Waals surface area contributed by atoms with E-state index in [1.807, 2.05) is 0 Å². The summed E-state index contributed by atoms with van der Waals surface area (Å²) < 4.78 is 38.1. The maximum atomic E-state index is 12.7. The molecule has 7 nitrogen and oxygen atoms in total. The Labute approximate surface area is 134 Å². The number of hydrogen-bond acceptors (Lipinski definition) is 4. The van der Waals surface area contributed by atoms with Crippen molar-refractivity contribution in [1.29, 1.82) is 0 Å². The smallest absolute Gasteiger partial charge is 0.344 e. The summed E-state index contributed by atoms with van der Waals surface area (Å²) in [7, 11) is 2.85. The Morgan fingerprint density at radius 2 is 2.04 bits per heavy atom. The molecule has 1 fully saturated rings. The zero-order valence-electron chi connectivity index (χ0n) is 12.8. The molecule has 1 aromatic carbocycles. The van der Waals surface area contributed by atoms with Gasteiger partial charge in [-0.1, -0.05) is 0 Å². The van der Waals surface area contributed by atoms with Crippen molar-refractivity contribution in [2.75, 3.05) is 20.6 Å². The summed E-state index contributed by atoms with van der Waals surface area (Å²) in [6.45, 7) is 0.427. The number of likely N-dealkylation sites (N-methyl/N-ethyl adjacent to an activating group) is 2. The van der Waals surface area contributed by atoms with E-state index >= 15 is 0 Å². The zero-order valence-corrected chi connectivity index (χ0v) is 12.8. The zero-order chi connectivity index (χ0) is 18.2. The summed E-state index contributed by atoms with van der Waals surface area (Å²) in [5.41, 5.74) is -2.65. The minimum Gasteiger partial charge on any atom is -0.344 e. The standard InChI is InChI=1S/C14H14F3N3O4/c1-18-6-5-10(13(18)22)19(2)12(21)9-4-3-8(14(15,16)17)7-11(9)20(23)24/h3-4,7,10H,5-6H2,1-2H3/t10-/m0/s1. The summed E-state index contributed by atoms with van der Waals surface area (Å²) >= 11 is 0. The van der Waals surface area contributed by atoms with E-state index in [1.54, 1.807) is 7.05 Å². The number of alkyl halides is 3. The molecular weight excluding hydrogens is 331 g/mol. The Balaban J connectivity index is 2.39. The van der Waals surface area contributed by atoms with Gasteiger partial charge in [0.2, 0.25) is 5.91 Å². The van der Waals surface area contributed by atoms with Crippen LogP contribution in [0.3, 0.4) is 0 Å². The Hall–Kier alpha value is -2.65. The van der Waals surface area contributed by atoms with Gasteiger partial charge in [0, 0.05) is 26.7 Å². The minimum atomic E-state index is -4.76. The second-order valence-corrected chi connectivity index (χ2v) is 5.47. The molecule has 0 N–H and O–H groups in total. The normalized spacial score (nSPS) is 18.0. The van der Waals surface area contributed by atoms with E-state index in [1.165, 1.54) is 11.9 Å². The Morgan fingerprint density at radius 3 is 2.50 bits per heavy atom. The van der Waals surface area contributed by atoms with E-state index < -0.39 is 39.9 Å². The Bertz CT molecular complexity index is 705. The van der Waals surface area contributed by atoms with Crippen molar-refractivity contribution >= 4 is 17.5 Å². The number of likely N-dealkylation sites (tertiary alicyclic amines) is 1. The average molecular weight is 345 g/mol. The van der Waals surface area contributed by atoms with Crippen LogP contribution in [0.15, 0.2) is 18.2 Å². The topological polar surface area (TPSA) is 83.8 Å². The van der Waals surface area contributed by atoms with Crippen LogP contribution in [0, 0.1) is 10.1 Å². The molecule has 1 saturated heterocycles. The molecule has 1 atom stereocenters. The van der Waals surface area contributed by atoms with E-state index in [2.05, 4.69) is 0 Å². The second-order valence-electron chi connectivity index (χ2n) is 5.47. The fourth-order valence-electron chi connectivity index (χ4n) is 2.53. The highest BCUT2D eigenvalue weighted by Crippen LogP contribution is 2.33. The first-order valence-electron chi connectivity index (χ1n) is 6.91. The number of nitro groups is 1. The lowest BCUT2D eigenvalue weighted by atomic mass is 10.1. The molecule has 0 aliphatic carbocycles. The molecule has 10 heteroatoms. The van der Waals surface area contributed by atoms with E-state index in [9.17, 15) is 32.9 Å². The summed E-state index contributed by atoms with van der Waals surface area (Å²) in [6.07, 6.45) is -4.41. The highest BCUT2D eigenvalue weighted by molar-refractivity contribution is 6.00. The fourth-order valence-corrected chi connectivity index (χ4v) is 2.53. The van der Waals surface area contributed by atoms with E-state index in [0.717, 1.165) is 11.0 Å². The molecule has 2 amide bonds. The molecule has 0 saturated carbocycles. The maximum absolute atomic E-state index is 12.7. The van der Waals surface area contributed by atoms with Gasteiger partial charge in [0.25, 0.3) is 11.6 Å². The van der Waals surface area contributed by atoms with Crippen LogP contribution in [0.1, 0.15) is 22.3 Å². The van der Waals surface area contributed by atoms with Crippen LogP contribution >= 0.6 is 0 Å². The van der Waals surface area contributed by atoms with Gasteiger partial charge in [-0.05, 0) is 18.6 Å². The van der Waals surface area contributed by atoms with Gasteiger partial charge in [0.05, 0.1) is 10.5 Å². The van der Waals surface area contributed by atoms with Crippen LogP contribution in [0.5, 0.6) is 0 Å². The van der Waals surface area contributed by atoms with Crippen molar-refractivity contribution in [2.45, 2.75) is 18.6 Å². The van der Waals surface area contributed by atoms with E-state index in [-0.39, 0.29) is 5.91 Å². The van der Waals surface area contributed by atoms with Gasteiger partial charge < -0.3 is 9.80 Å². The van der Waals surface area contributed by atoms with Crippen molar-refractivity contribution in [2.24, 2.45) is 0 Å². The predicted molar refractivity (Wildman–Crippen MR) is 76.2 cm³/mol. The molecule has 1 heterocycles. The van der Waals surface area contributed by atoms with Crippen LogP contribution in [0.25, 0.3) is 0 Å².